The van der Waals surface area contributed by atoms with Crippen molar-refractivity contribution in [2.45, 2.75) is 46.4 Å². The highest BCUT2D eigenvalue weighted by molar-refractivity contribution is 7.09. The van der Waals surface area contributed by atoms with Gasteiger partial charge in [-0.1, -0.05) is 19.1 Å². The van der Waals surface area contributed by atoms with E-state index in [1.165, 1.54) is 10.4 Å². The van der Waals surface area contributed by atoms with Gasteiger partial charge in [0.2, 0.25) is 0 Å². The Morgan fingerprint density at radius 1 is 1.24 bits per heavy atom. The van der Waals surface area contributed by atoms with Gasteiger partial charge in [0.15, 0.2) is 0 Å². The average molecular weight is 303 g/mol. The van der Waals surface area contributed by atoms with Crippen molar-refractivity contribution in [1.29, 1.82) is 0 Å². The number of nitrogens with one attached hydrogen (secondary N) is 1. The smallest absolute Gasteiger partial charge is 0.0544 e. The molecule has 3 nitrogen and oxygen atoms in total. The van der Waals surface area contributed by atoms with Gasteiger partial charge in [-0.15, -0.1) is 11.3 Å². The van der Waals surface area contributed by atoms with Crippen LogP contribution in [0.5, 0.6) is 0 Å². The van der Waals surface area contributed by atoms with E-state index in [2.05, 4.69) is 65.6 Å². The molecular formula is C17H25N3S. The predicted octanol–water partition coefficient (Wildman–Crippen LogP) is 3.66. The minimum absolute atomic E-state index is 0.510. The van der Waals surface area contributed by atoms with Gasteiger partial charge in [-0.3, -0.25) is 9.88 Å². The Morgan fingerprint density at radius 3 is 2.67 bits per heavy atom. The third kappa shape index (κ3) is 5.23. The Kier molecular flexibility index (Phi) is 6.36. The highest BCUT2D eigenvalue weighted by atomic mass is 32.1. The molecule has 2 rings (SSSR count). The number of nitrogens with zero attached hydrogens (tertiary/aromatic N) is 2. The maximum Gasteiger partial charge on any atom is 0.0544 e. The Bertz CT molecular complexity index is 505. The van der Waals surface area contributed by atoms with Crippen LogP contribution in [0.3, 0.4) is 0 Å². The van der Waals surface area contributed by atoms with Crippen molar-refractivity contribution in [3.8, 4) is 0 Å². The van der Waals surface area contributed by atoms with E-state index in [9.17, 15) is 0 Å². The summed E-state index contributed by atoms with van der Waals surface area (Å²) < 4.78 is 0. The fourth-order valence-electron chi connectivity index (χ4n) is 2.15. The van der Waals surface area contributed by atoms with Crippen LogP contribution in [0.2, 0.25) is 0 Å². The van der Waals surface area contributed by atoms with Gasteiger partial charge in [-0.25, -0.2) is 0 Å². The molecule has 0 aromatic carbocycles. The molecule has 2 aromatic heterocycles. The Hall–Kier alpha value is -1.23. The van der Waals surface area contributed by atoms with Crippen LogP contribution in [0.15, 0.2) is 35.8 Å². The second kappa shape index (κ2) is 8.27. The highest BCUT2D eigenvalue weighted by Crippen LogP contribution is 2.16. The lowest BCUT2D eigenvalue weighted by molar-refractivity contribution is 0.203. The first-order chi connectivity index (χ1) is 10.2. The van der Waals surface area contributed by atoms with Crippen LogP contribution in [-0.2, 0) is 19.6 Å². The lowest BCUT2D eigenvalue weighted by Crippen LogP contribution is -2.29. The summed E-state index contributed by atoms with van der Waals surface area (Å²) in [6, 6.07) is 9.15. The van der Waals surface area contributed by atoms with Crippen molar-refractivity contribution in [1.82, 2.24) is 15.2 Å². The molecule has 0 radical (unpaired) electrons. The Balaban J connectivity index is 1.96. The van der Waals surface area contributed by atoms with Gasteiger partial charge in [0, 0.05) is 36.8 Å². The Morgan fingerprint density at radius 2 is 2.10 bits per heavy atom. The van der Waals surface area contributed by atoms with Gasteiger partial charge >= 0.3 is 0 Å². The third-order valence-electron chi connectivity index (χ3n) is 3.50. The van der Waals surface area contributed by atoms with Crippen LogP contribution in [0.25, 0.3) is 0 Å². The molecule has 0 amide bonds. The molecule has 0 saturated heterocycles. The van der Waals surface area contributed by atoms with Crippen LogP contribution in [0.1, 0.15) is 36.9 Å². The molecule has 1 N–H and O–H groups in total. The molecule has 0 bridgehead atoms. The first-order valence-electron chi connectivity index (χ1n) is 7.60. The molecule has 2 aromatic rings. The predicted molar refractivity (Wildman–Crippen MR) is 90.3 cm³/mol. The number of hydrogen-bond donors (Lipinski definition) is 1. The SMILES string of the molecule is CCNCc1ccc(CN(Cc2cccs2)C(C)C)nc1. The van der Waals surface area contributed by atoms with Crippen LogP contribution in [-0.4, -0.2) is 22.5 Å². The zero-order valence-corrected chi connectivity index (χ0v) is 14.0. The van der Waals surface area contributed by atoms with E-state index in [0.29, 0.717) is 6.04 Å². The van der Waals surface area contributed by atoms with Crippen molar-refractivity contribution in [3.63, 3.8) is 0 Å². The fraction of sp³-hybridized carbons (Fsp3) is 0.471. The van der Waals surface area contributed by atoms with Crippen molar-refractivity contribution < 1.29 is 0 Å². The molecule has 21 heavy (non-hydrogen) atoms. The summed E-state index contributed by atoms with van der Waals surface area (Å²) in [7, 11) is 0. The van der Waals surface area contributed by atoms with Crippen molar-refractivity contribution >= 4 is 11.3 Å². The number of thiophene rings is 1. The fourth-order valence-corrected chi connectivity index (χ4v) is 2.88. The zero-order valence-electron chi connectivity index (χ0n) is 13.2. The lowest BCUT2D eigenvalue weighted by Gasteiger charge is -2.25. The van der Waals surface area contributed by atoms with Gasteiger partial charge in [-0.2, -0.15) is 0 Å². The summed E-state index contributed by atoms with van der Waals surface area (Å²) in [6.45, 7) is 10.4. The van der Waals surface area contributed by atoms with E-state index in [1.54, 1.807) is 0 Å². The number of hydrogen-bond acceptors (Lipinski definition) is 4. The van der Waals surface area contributed by atoms with Crippen molar-refractivity contribution in [2.24, 2.45) is 0 Å². The normalized spacial score (nSPS) is 11.5. The van der Waals surface area contributed by atoms with Crippen molar-refractivity contribution in [3.05, 3.63) is 52.0 Å². The van der Waals surface area contributed by atoms with Crippen LogP contribution >= 0.6 is 11.3 Å². The van der Waals surface area contributed by atoms with E-state index in [4.69, 9.17) is 0 Å². The molecule has 0 aliphatic rings. The largest absolute Gasteiger partial charge is 0.313 e. The first kappa shape index (κ1) is 16.1. The summed E-state index contributed by atoms with van der Waals surface area (Å²) in [4.78, 5) is 8.47. The molecule has 114 valence electrons. The summed E-state index contributed by atoms with van der Waals surface area (Å²) in [6.07, 6.45) is 1.99. The minimum atomic E-state index is 0.510. The summed E-state index contributed by atoms with van der Waals surface area (Å²) in [5.41, 5.74) is 2.38. The van der Waals surface area contributed by atoms with Crippen LogP contribution < -0.4 is 5.32 Å². The first-order valence-corrected chi connectivity index (χ1v) is 8.48. The van der Waals surface area contributed by atoms with E-state index in [1.807, 2.05) is 17.5 Å². The second-order valence-electron chi connectivity index (χ2n) is 5.52. The molecule has 0 unspecified atom stereocenters. The maximum atomic E-state index is 4.60. The quantitative estimate of drug-likeness (QED) is 0.806. The number of aromatic nitrogens is 1. The zero-order chi connectivity index (χ0) is 15.1. The van der Waals surface area contributed by atoms with Gasteiger partial charge < -0.3 is 5.32 Å². The second-order valence-corrected chi connectivity index (χ2v) is 6.55. The van der Waals surface area contributed by atoms with E-state index < -0.39 is 0 Å². The lowest BCUT2D eigenvalue weighted by atomic mass is 10.2. The Labute approximate surface area is 132 Å². The summed E-state index contributed by atoms with van der Waals surface area (Å²) in [5.74, 6) is 0. The van der Waals surface area contributed by atoms with Crippen LogP contribution in [0, 0.1) is 0 Å². The van der Waals surface area contributed by atoms with Gasteiger partial charge in [0.05, 0.1) is 5.69 Å². The maximum absolute atomic E-state index is 4.60. The number of rotatable bonds is 8. The summed E-state index contributed by atoms with van der Waals surface area (Å²) >= 11 is 1.82. The molecule has 0 saturated carbocycles. The minimum Gasteiger partial charge on any atom is -0.313 e. The van der Waals surface area contributed by atoms with Crippen molar-refractivity contribution in [2.75, 3.05) is 6.54 Å². The van der Waals surface area contributed by atoms with Gasteiger partial charge in [0.1, 0.15) is 0 Å². The molecule has 0 atom stereocenters. The van der Waals surface area contributed by atoms with E-state index >= 15 is 0 Å². The molecular weight excluding hydrogens is 278 g/mol. The highest BCUT2D eigenvalue weighted by Gasteiger charge is 2.12. The third-order valence-corrected chi connectivity index (χ3v) is 4.36. The average Bonchev–Trinajstić information content (AvgIpc) is 2.99. The molecule has 2 heterocycles. The van der Waals surface area contributed by atoms with Crippen LogP contribution in [0.4, 0.5) is 0 Å². The van der Waals surface area contributed by atoms with E-state index in [0.717, 1.165) is 31.9 Å². The van der Waals surface area contributed by atoms with E-state index in [-0.39, 0.29) is 0 Å². The van der Waals surface area contributed by atoms with Gasteiger partial charge in [-0.05, 0) is 43.5 Å². The molecule has 4 heteroatoms. The molecule has 0 aliphatic carbocycles. The molecule has 0 fully saturated rings. The topological polar surface area (TPSA) is 28.2 Å². The summed E-state index contributed by atoms with van der Waals surface area (Å²) in [5, 5.41) is 5.46. The van der Waals surface area contributed by atoms with Gasteiger partial charge in [0.25, 0.3) is 0 Å². The monoisotopic (exact) mass is 303 g/mol. The standard InChI is InChI=1S/C17H25N3S/c1-4-18-10-15-7-8-16(19-11-15)12-20(14(2)3)13-17-6-5-9-21-17/h5-9,11,14,18H,4,10,12-13H2,1-3H3. The molecule has 0 spiro atoms. The molecule has 0 aliphatic heterocycles. The number of pyridine rings is 1.